The minimum Gasteiger partial charge on any atom is -0.489 e. The minimum atomic E-state index is -0.0112. The van der Waals surface area contributed by atoms with Crippen LogP contribution in [0.3, 0.4) is 0 Å². The van der Waals surface area contributed by atoms with Crippen molar-refractivity contribution in [2.45, 2.75) is 13.0 Å². The molecule has 1 atom stereocenters. The first-order valence-electron chi connectivity index (χ1n) is 6.16. The maximum Gasteiger partial charge on any atom is 0.119 e. The van der Waals surface area contributed by atoms with E-state index in [1.165, 1.54) is 0 Å². The van der Waals surface area contributed by atoms with E-state index in [9.17, 15) is 0 Å². The molecule has 0 heterocycles. The summed E-state index contributed by atoms with van der Waals surface area (Å²) in [6.07, 6.45) is -0.0112. The zero-order chi connectivity index (χ0) is 14.5. The zero-order valence-corrected chi connectivity index (χ0v) is 13.1. The van der Waals surface area contributed by atoms with Crippen LogP contribution in [0.15, 0.2) is 42.5 Å². The monoisotopic (exact) mass is 329 g/mol. The molecule has 0 fully saturated rings. The number of ether oxygens (including phenoxy) is 1. The van der Waals surface area contributed by atoms with Gasteiger partial charge in [0.1, 0.15) is 11.9 Å². The molecule has 0 radical (unpaired) electrons. The Kier molecular flexibility index (Phi) is 5.41. The van der Waals surface area contributed by atoms with Crippen LogP contribution >= 0.6 is 34.8 Å². The summed E-state index contributed by atoms with van der Waals surface area (Å²) >= 11 is 17.8. The maximum atomic E-state index is 6.09. The van der Waals surface area contributed by atoms with E-state index in [4.69, 9.17) is 39.5 Å². The van der Waals surface area contributed by atoms with Gasteiger partial charge >= 0.3 is 0 Å². The Morgan fingerprint density at radius 3 is 2.30 bits per heavy atom. The van der Waals surface area contributed by atoms with Crippen molar-refractivity contribution in [3.63, 3.8) is 0 Å². The van der Waals surface area contributed by atoms with Crippen molar-refractivity contribution in [2.24, 2.45) is 0 Å². The van der Waals surface area contributed by atoms with E-state index in [0.717, 1.165) is 11.4 Å². The third-order valence-corrected chi connectivity index (χ3v) is 3.46. The lowest BCUT2D eigenvalue weighted by Crippen LogP contribution is -2.22. The molecule has 2 aromatic carbocycles. The summed E-state index contributed by atoms with van der Waals surface area (Å²) in [4.78, 5) is 0. The minimum absolute atomic E-state index is 0.0112. The van der Waals surface area contributed by atoms with Gasteiger partial charge in [0.15, 0.2) is 0 Å². The summed E-state index contributed by atoms with van der Waals surface area (Å²) in [5, 5.41) is 5.13. The highest BCUT2D eigenvalue weighted by atomic mass is 35.5. The topological polar surface area (TPSA) is 21.3 Å². The van der Waals surface area contributed by atoms with Crippen LogP contribution in [0.25, 0.3) is 0 Å². The van der Waals surface area contributed by atoms with Gasteiger partial charge in [-0.05, 0) is 49.4 Å². The Balaban J connectivity index is 1.88. The van der Waals surface area contributed by atoms with Crippen LogP contribution in [0.4, 0.5) is 5.69 Å². The summed E-state index contributed by atoms with van der Waals surface area (Å²) in [5.74, 6) is 0.783. The van der Waals surface area contributed by atoms with E-state index >= 15 is 0 Å². The molecule has 106 valence electrons. The second-order valence-corrected chi connectivity index (χ2v) is 5.67. The van der Waals surface area contributed by atoms with E-state index in [2.05, 4.69) is 5.32 Å². The Bertz CT molecular complexity index is 572. The largest absolute Gasteiger partial charge is 0.489 e. The van der Waals surface area contributed by atoms with Crippen LogP contribution in [-0.2, 0) is 0 Å². The van der Waals surface area contributed by atoms with Gasteiger partial charge in [0.25, 0.3) is 0 Å². The third-order valence-electron chi connectivity index (χ3n) is 2.66. The van der Waals surface area contributed by atoms with Gasteiger partial charge in [-0.1, -0.05) is 34.8 Å². The molecule has 2 nitrogen and oxygen atoms in total. The highest BCUT2D eigenvalue weighted by Crippen LogP contribution is 2.25. The predicted octanol–water partition coefficient (Wildman–Crippen LogP) is 5.53. The van der Waals surface area contributed by atoms with E-state index in [-0.39, 0.29) is 6.10 Å². The number of anilines is 1. The van der Waals surface area contributed by atoms with Crippen molar-refractivity contribution < 1.29 is 4.74 Å². The van der Waals surface area contributed by atoms with Crippen LogP contribution in [0.1, 0.15) is 6.92 Å². The van der Waals surface area contributed by atoms with Crippen molar-refractivity contribution in [3.05, 3.63) is 57.5 Å². The summed E-state index contributed by atoms with van der Waals surface area (Å²) in [7, 11) is 0. The average Bonchev–Trinajstić information content (AvgIpc) is 2.40. The molecule has 0 aliphatic heterocycles. The van der Waals surface area contributed by atoms with Crippen LogP contribution in [0, 0.1) is 0 Å². The highest BCUT2D eigenvalue weighted by Gasteiger charge is 2.06. The molecule has 1 unspecified atom stereocenters. The molecular formula is C15H14Cl3NO. The van der Waals surface area contributed by atoms with E-state index < -0.39 is 0 Å². The summed E-state index contributed by atoms with van der Waals surface area (Å²) in [5.41, 5.74) is 0.836. The first-order valence-corrected chi connectivity index (χ1v) is 7.29. The zero-order valence-electron chi connectivity index (χ0n) is 10.9. The lowest BCUT2D eigenvalue weighted by molar-refractivity contribution is 0.235. The van der Waals surface area contributed by atoms with Crippen LogP contribution in [-0.4, -0.2) is 12.6 Å². The van der Waals surface area contributed by atoms with Crippen molar-refractivity contribution in [2.75, 3.05) is 11.9 Å². The van der Waals surface area contributed by atoms with Crippen LogP contribution < -0.4 is 10.1 Å². The first kappa shape index (κ1) is 15.3. The number of hydrogen-bond donors (Lipinski definition) is 1. The standard InChI is InChI=1S/C15H14Cl3NO/c1-10(20-13-5-2-11(16)3-6-13)9-19-15-7-4-12(17)8-14(15)18/h2-8,10,19H,9H2,1H3. The molecule has 0 aromatic heterocycles. The number of hydrogen-bond acceptors (Lipinski definition) is 2. The lowest BCUT2D eigenvalue weighted by atomic mass is 10.3. The highest BCUT2D eigenvalue weighted by molar-refractivity contribution is 6.36. The maximum absolute atomic E-state index is 6.09. The molecule has 0 amide bonds. The first-order chi connectivity index (χ1) is 9.54. The summed E-state index contributed by atoms with van der Waals surface area (Å²) in [6.45, 7) is 2.61. The number of nitrogens with one attached hydrogen (secondary N) is 1. The molecule has 1 N–H and O–H groups in total. The molecule has 0 aliphatic carbocycles. The van der Waals surface area contributed by atoms with Crippen molar-refractivity contribution in [1.82, 2.24) is 0 Å². The smallest absolute Gasteiger partial charge is 0.119 e. The van der Waals surface area contributed by atoms with Gasteiger partial charge in [-0.2, -0.15) is 0 Å². The number of rotatable bonds is 5. The fourth-order valence-electron chi connectivity index (χ4n) is 1.67. The molecule has 0 spiro atoms. The van der Waals surface area contributed by atoms with Gasteiger partial charge in [0.05, 0.1) is 17.3 Å². The predicted molar refractivity (Wildman–Crippen MR) is 86.5 cm³/mol. The van der Waals surface area contributed by atoms with E-state index in [0.29, 0.717) is 21.6 Å². The quantitative estimate of drug-likeness (QED) is 0.778. The molecule has 20 heavy (non-hydrogen) atoms. The van der Waals surface area contributed by atoms with Crippen molar-refractivity contribution >= 4 is 40.5 Å². The number of benzene rings is 2. The fraction of sp³-hybridized carbons (Fsp3) is 0.200. The second kappa shape index (κ2) is 7.07. The van der Waals surface area contributed by atoms with Gasteiger partial charge < -0.3 is 10.1 Å². The van der Waals surface area contributed by atoms with Crippen molar-refractivity contribution in [1.29, 1.82) is 0 Å². The molecule has 0 saturated carbocycles. The molecule has 0 bridgehead atoms. The van der Waals surface area contributed by atoms with Gasteiger partial charge in [-0.3, -0.25) is 0 Å². The lowest BCUT2D eigenvalue weighted by Gasteiger charge is -2.17. The Labute approximate surface area is 133 Å². The van der Waals surface area contributed by atoms with E-state index in [1.54, 1.807) is 24.3 Å². The van der Waals surface area contributed by atoms with Gasteiger partial charge in [0.2, 0.25) is 0 Å². The van der Waals surface area contributed by atoms with Gasteiger partial charge in [-0.15, -0.1) is 0 Å². The Morgan fingerprint density at radius 1 is 1.00 bits per heavy atom. The normalized spacial score (nSPS) is 12.0. The van der Waals surface area contributed by atoms with Gasteiger partial charge in [-0.25, -0.2) is 0 Å². The molecule has 0 aliphatic rings. The number of halogens is 3. The average molecular weight is 331 g/mol. The van der Waals surface area contributed by atoms with Crippen LogP contribution in [0.2, 0.25) is 15.1 Å². The van der Waals surface area contributed by atoms with E-state index in [1.807, 2.05) is 25.1 Å². The molecule has 0 saturated heterocycles. The SMILES string of the molecule is CC(CNc1ccc(Cl)cc1Cl)Oc1ccc(Cl)cc1. The van der Waals surface area contributed by atoms with Gasteiger partial charge in [0, 0.05) is 10.0 Å². The summed E-state index contributed by atoms with van der Waals surface area (Å²) < 4.78 is 5.76. The van der Waals surface area contributed by atoms with Crippen LogP contribution in [0.5, 0.6) is 5.75 Å². The third kappa shape index (κ3) is 4.48. The molecular weight excluding hydrogens is 317 g/mol. The molecule has 2 aromatic rings. The second-order valence-electron chi connectivity index (χ2n) is 4.39. The molecule has 2 rings (SSSR count). The van der Waals surface area contributed by atoms with Crippen molar-refractivity contribution in [3.8, 4) is 5.75 Å². The summed E-state index contributed by atoms with van der Waals surface area (Å²) in [6, 6.07) is 12.6. The Hall–Kier alpha value is -1.09. The fourth-order valence-corrected chi connectivity index (χ4v) is 2.27. The molecule has 5 heteroatoms. The Morgan fingerprint density at radius 2 is 1.65 bits per heavy atom.